The van der Waals surface area contributed by atoms with Crippen molar-refractivity contribution in [2.45, 2.75) is 0 Å². The molecule has 3 aromatic heterocycles. The van der Waals surface area contributed by atoms with Crippen LogP contribution in [0.25, 0.3) is 23.0 Å². The van der Waals surface area contributed by atoms with Crippen molar-refractivity contribution in [1.82, 2.24) is 30.4 Å². The van der Waals surface area contributed by atoms with Gasteiger partial charge in [-0.1, -0.05) is 6.07 Å². The molecule has 0 saturated carbocycles. The second kappa shape index (κ2) is 7.27. The van der Waals surface area contributed by atoms with Crippen LogP contribution in [-0.4, -0.2) is 49.6 Å². The van der Waals surface area contributed by atoms with Crippen molar-refractivity contribution in [3.8, 4) is 23.0 Å². The van der Waals surface area contributed by atoms with Gasteiger partial charge in [0.1, 0.15) is 24.7 Å². The molecule has 3 rings (SSSR count). The molecule has 8 nitrogen and oxygen atoms in total. The van der Waals surface area contributed by atoms with Crippen molar-refractivity contribution in [2.75, 3.05) is 13.3 Å². The van der Waals surface area contributed by atoms with Crippen molar-refractivity contribution >= 4 is 5.97 Å². The van der Waals surface area contributed by atoms with Gasteiger partial charge in [0.2, 0.25) is 11.6 Å². The Morgan fingerprint density at radius 1 is 0.958 bits per heavy atom. The molecule has 3 aromatic rings. The zero-order valence-electron chi connectivity index (χ0n) is 12.3. The first-order chi connectivity index (χ1) is 11.8. The van der Waals surface area contributed by atoms with E-state index in [1.807, 2.05) is 6.07 Å². The summed E-state index contributed by atoms with van der Waals surface area (Å²) in [6.07, 6.45) is 2.92. The van der Waals surface area contributed by atoms with E-state index >= 15 is 0 Å². The van der Waals surface area contributed by atoms with Crippen LogP contribution in [0.1, 0.15) is 10.4 Å². The summed E-state index contributed by atoms with van der Waals surface area (Å²) in [5, 5.41) is 15.8. The monoisotopic (exact) mass is 326 g/mol. The zero-order chi connectivity index (χ0) is 16.8. The Labute approximate surface area is 135 Å². The molecule has 0 unspecified atom stereocenters. The normalized spacial score (nSPS) is 10.4. The van der Waals surface area contributed by atoms with Gasteiger partial charge in [-0.3, -0.25) is 9.97 Å². The van der Waals surface area contributed by atoms with Crippen molar-refractivity contribution in [1.29, 1.82) is 0 Å². The highest BCUT2D eigenvalue weighted by molar-refractivity contribution is 5.89. The summed E-state index contributed by atoms with van der Waals surface area (Å²) < 4.78 is 16.7. The molecule has 0 aliphatic carbocycles. The van der Waals surface area contributed by atoms with E-state index in [-0.39, 0.29) is 18.0 Å². The predicted octanol–water partition coefficient (Wildman–Crippen LogP) is 1.52. The topological polar surface area (TPSA) is 104 Å². The van der Waals surface area contributed by atoms with Crippen LogP contribution in [-0.2, 0) is 4.74 Å². The fourth-order valence-electron chi connectivity index (χ4n) is 1.79. The summed E-state index contributed by atoms with van der Waals surface area (Å²) in [5.74, 6) is -0.140. The van der Waals surface area contributed by atoms with Crippen LogP contribution in [0.15, 0.2) is 42.7 Å². The number of rotatable bonds is 5. The van der Waals surface area contributed by atoms with Gasteiger partial charge < -0.3 is 4.74 Å². The maximum absolute atomic E-state index is 12.0. The number of esters is 1. The van der Waals surface area contributed by atoms with Gasteiger partial charge in [-0.15, -0.1) is 20.4 Å². The van der Waals surface area contributed by atoms with Crippen molar-refractivity contribution < 1.29 is 13.9 Å². The Bertz CT molecular complexity index is 812. The van der Waals surface area contributed by atoms with Gasteiger partial charge in [0.15, 0.2) is 0 Å². The van der Waals surface area contributed by atoms with E-state index in [0.29, 0.717) is 17.2 Å². The summed E-state index contributed by atoms with van der Waals surface area (Å²) in [4.78, 5) is 19.7. The lowest BCUT2D eigenvalue weighted by molar-refractivity contribution is 0.0480. The predicted molar refractivity (Wildman–Crippen MR) is 80.3 cm³/mol. The van der Waals surface area contributed by atoms with Crippen LogP contribution >= 0.6 is 0 Å². The first-order valence-electron chi connectivity index (χ1n) is 6.96. The SMILES string of the molecule is O=C(OCCF)c1ccc(-c2nnc(-c3ccccn3)nn2)nc1. The lowest BCUT2D eigenvalue weighted by Crippen LogP contribution is -2.08. The number of carbonyl (C=O) groups excluding carboxylic acids is 1. The number of carbonyl (C=O) groups is 1. The van der Waals surface area contributed by atoms with Crippen molar-refractivity contribution in [2.24, 2.45) is 0 Å². The van der Waals surface area contributed by atoms with Crippen LogP contribution in [0.4, 0.5) is 4.39 Å². The van der Waals surface area contributed by atoms with Crippen LogP contribution < -0.4 is 0 Å². The van der Waals surface area contributed by atoms with Crippen LogP contribution in [0, 0.1) is 0 Å². The number of aromatic nitrogens is 6. The van der Waals surface area contributed by atoms with Gasteiger partial charge in [0.25, 0.3) is 0 Å². The van der Waals surface area contributed by atoms with Gasteiger partial charge in [-0.05, 0) is 24.3 Å². The fourth-order valence-corrected chi connectivity index (χ4v) is 1.79. The second-order valence-electron chi connectivity index (χ2n) is 4.52. The molecule has 0 atom stereocenters. The minimum Gasteiger partial charge on any atom is -0.459 e. The Hall–Kier alpha value is -3.36. The Morgan fingerprint density at radius 2 is 1.67 bits per heavy atom. The van der Waals surface area contributed by atoms with Gasteiger partial charge in [-0.25, -0.2) is 9.18 Å². The molecule has 120 valence electrons. The summed E-state index contributed by atoms with van der Waals surface area (Å²) in [6, 6.07) is 8.35. The Kier molecular flexibility index (Phi) is 4.70. The van der Waals surface area contributed by atoms with E-state index in [4.69, 9.17) is 0 Å². The quantitative estimate of drug-likeness (QED) is 0.650. The largest absolute Gasteiger partial charge is 0.459 e. The number of ether oxygens (including phenoxy) is 1. The fraction of sp³-hybridized carbons (Fsp3) is 0.133. The molecule has 0 N–H and O–H groups in total. The minimum atomic E-state index is -0.731. The van der Waals surface area contributed by atoms with Gasteiger partial charge in [0.05, 0.1) is 5.56 Å². The summed E-state index contributed by atoms with van der Waals surface area (Å²) in [6.45, 7) is -1.02. The van der Waals surface area contributed by atoms with Crippen LogP contribution in [0.2, 0.25) is 0 Å². The van der Waals surface area contributed by atoms with Gasteiger partial charge >= 0.3 is 5.97 Å². The Morgan fingerprint density at radius 3 is 2.21 bits per heavy atom. The molecular formula is C15H11FN6O2. The van der Waals surface area contributed by atoms with Crippen LogP contribution in [0.3, 0.4) is 0 Å². The number of alkyl halides is 1. The molecule has 0 amide bonds. The maximum atomic E-state index is 12.0. The number of halogens is 1. The first kappa shape index (κ1) is 15.5. The first-order valence-corrected chi connectivity index (χ1v) is 6.96. The molecule has 0 saturated heterocycles. The molecule has 0 radical (unpaired) electrons. The maximum Gasteiger partial charge on any atom is 0.339 e. The third kappa shape index (κ3) is 3.51. The Balaban J connectivity index is 1.76. The van der Waals surface area contributed by atoms with E-state index < -0.39 is 12.6 Å². The van der Waals surface area contributed by atoms with E-state index in [9.17, 15) is 9.18 Å². The van der Waals surface area contributed by atoms with Crippen molar-refractivity contribution in [3.63, 3.8) is 0 Å². The number of hydrogen-bond acceptors (Lipinski definition) is 8. The standard InChI is InChI=1S/C15H11FN6O2/c16-6-8-24-15(23)10-4-5-12(18-9-10)14-21-19-13(20-22-14)11-3-1-2-7-17-11/h1-5,7,9H,6,8H2. The number of hydrogen-bond donors (Lipinski definition) is 0. The summed E-state index contributed by atoms with van der Waals surface area (Å²) in [5.41, 5.74) is 1.16. The summed E-state index contributed by atoms with van der Waals surface area (Å²) >= 11 is 0. The molecule has 0 bridgehead atoms. The molecule has 0 aliphatic rings. The van der Waals surface area contributed by atoms with Crippen molar-refractivity contribution in [3.05, 3.63) is 48.3 Å². The minimum absolute atomic E-state index is 0.207. The highest BCUT2D eigenvalue weighted by Crippen LogP contribution is 2.13. The number of pyridine rings is 2. The molecular weight excluding hydrogens is 315 g/mol. The van der Waals surface area contributed by atoms with Gasteiger partial charge in [0, 0.05) is 12.4 Å². The third-order valence-corrected chi connectivity index (χ3v) is 2.91. The highest BCUT2D eigenvalue weighted by Gasteiger charge is 2.11. The van der Waals surface area contributed by atoms with E-state index in [1.54, 1.807) is 18.3 Å². The lowest BCUT2D eigenvalue weighted by atomic mass is 10.2. The second-order valence-corrected chi connectivity index (χ2v) is 4.52. The molecule has 0 fully saturated rings. The smallest absolute Gasteiger partial charge is 0.339 e. The lowest BCUT2D eigenvalue weighted by Gasteiger charge is -2.03. The molecule has 0 aromatic carbocycles. The molecule has 3 heterocycles. The highest BCUT2D eigenvalue weighted by atomic mass is 19.1. The van der Waals surface area contributed by atoms with E-state index in [0.717, 1.165) is 0 Å². The average Bonchev–Trinajstić information content (AvgIpc) is 2.67. The van der Waals surface area contributed by atoms with Crippen LogP contribution in [0.5, 0.6) is 0 Å². The molecule has 0 spiro atoms. The van der Waals surface area contributed by atoms with Gasteiger partial charge in [-0.2, -0.15) is 0 Å². The molecule has 9 heteroatoms. The van der Waals surface area contributed by atoms with E-state index in [1.165, 1.54) is 18.3 Å². The third-order valence-electron chi connectivity index (χ3n) is 2.91. The zero-order valence-corrected chi connectivity index (χ0v) is 12.3. The molecule has 0 aliphatic heterocycles. The summed E-state index contributed by atoms with van der Waals surface area (Å²) in [7, 11) is 0. The average molecular weight is 326 g/mol. The van der Waals surface area contributed by atoms with E-state index in [2.05, 4.69) is 35.1 Å². The number of nitrogens with zero attached hydrogens (tertiary/aromatic N) is 6. The molecule has 24 heavy (non-hydrogen) atoms.